The van der Waals surface area contributed by atoms with Gasteiger partial charge in [-0.2, -0.15) is 0 Å². The quantitative estimate of drug-likeness (QED) is 0.673. The number of nitrogens with one attached hydrogen (secondary N) is 2. The van der Waals surface area contributed by atoms with Gasteiger partial charge in [-0.15, -0.1) is 0 Å². The second-order valence-corrected chi connectivity index (χ2v) is 4.66. The fourth-order valence-electron chi connectivity index (χ4n) is 2.07. The number of phenols is 2. The SMILES string of the molecule is C=C(C)N=C1NC(=O)N(c2c(O)cccc2O)C(=N)/C1=C/C. The smallest absolute Gasteiger partial charge is 0.333 e. The summed E-state index contributed by atoms with van der Waals surface area (Å²) in [5.74, 6) is -0.620. The molecule has 0 aliphatic carbocycles. The van der Waals surface area contributed by atoms with Gasteiger partial charge in [0.05, 0.1) is 5.57 Å². The highest BCUT2D eigenvalue weighted by Crippen LogP contribution is 2.37. The number of nitrogens with zero attached hydrogens (tertiary/aromatic N) is 2. The molecule has 0 saturated carbocycles. The van der Waals surface area contributed by atoms with Crippen LogP contribution >= 0.6 is 0 Å². The molecule has 1 aliphatic rings. The Kier molecular flexibility index (Phi) is 3.98. The number of carbonyl (C=O) groups excluding carboxylic acids is 1. The number of urea groups is 1. The molecule has 1 aromatic carbocycles. The Bertz CT molecular complexity index is 714. The number of rotatable bonds is 2. The van der Waals surface area contributed by atoms with Crippen LogP contribution < -0.4 is 10.2 Å². The minimum absolute atomic E-state index is 0.154. The number of allylic oxidation sites excluding steroid dienone is 2. The van der Waals surface area contributed by atoms with Crippen molar-refractivity contribution in [1.82, 2.24) is 5.32 Å². The number of aliphatic imine (C=N–C) groups is 1. The fourth-order valence-corrected chi connectivity index (χ4v) is 2.07. The van der Waals surface area contributed by atoms with E-state index in [0.717, 1.165) is 4.90 Å². The van der Waals surface area contributed by atoms with E-state index >= 15 is 0 Å². The molecule has 114 valence electrons. The summed E-state index contributed by atoms with van der Waals surface area (Å²) in [7, 11) is 0. The first-order valence-corrected chi connectivity index (χ1v) is 6.48. The van der Waals surface area contributed by atoms with Crippen molar-refractivity contribution in [3.63, 3.8) is 0 Å². The summed E-state index contributed by atoms with van der Waals surface area (Å²) >= 11 is 0. The first-order valence-electron chi connectivity index (χ1n) is 6.48. The van der Waals surface area contributed by atoms with E-state index in [1.165, 1.54) is 18.2 Å². The third-order valence-electron chi connectivity index (χ3n) is 2.97. The lowest BCUT2D eigenvalue weighted by molar-refractivity contribution is 0.252. The van der Waals surface area contributed by atoms with E-state index in [-0.39, 0.29) is 28.9 Å². The predicted molar refractivity (Wildman–Crippen MR) is 84.5 cm³/mol. The molecule has 2 amide bonds. The first kappa shape index (κ1) is 15.3. The van der Waals surface area contributed by atoms with Crippen LogP contribution in [0.5, 0.6) is 11.5 Å². The van der Waals surface area contributed by atoms with Crippen LogP contribution in [0.25, 0.3) is 0 Å². The Morgan fingerprint density at radius 1 is 1.41 bits per heavy atom. The summed E-state index contributed by atoms with van der Waals surface area (Å²) in [4.78, 5) is 17.3. The van der Waals surface area contributed by atoms with Gasteiger partial charge in [-0.3, -0.25) is 10.7 Å². The number of amidine groups is 2. The lowest BCUT2D eigenvalue weighted by Gasteiger charge is -2.31. The maximum Gasteiger partial charge on any atom is 0.333 e. The van der Waals surface area contributed by atoms with Crippen molar-refractivity contribution in [2.45, 2.75) is 13.8 Å². The zero-order chi connectivity index (χ0) is 16.4. The van der Waals surface area contributed by atoms with E-state index in [4.69, 9.17) is 5.41 Å². The van der Waals surface area contributed by atoms with Crippen LogP contribution in [-0.4, -0.2) is 27.9 Å². The van der Waals surface area contributed by atoms with Crippen molar-refractivity contribution >= 4 is 23.4 Å². The molecule has 7 nitrogen and oxygen atoms in total. The Labute approximate surface area is 127 Å². The summed E-state index contributed by atoms with van der Waals surface area (Å²) in [6, 6.07) is 3.38. The molecular formula is C15H16N4O3. The zero-order valence-electron chi connectivity index (χ0n) is 12.2. The first-order chi connectivity index (χ1) is 10.4. The van der Waals surface area contributed by atoms with Crippen molar-refractivity contribution in [3.05, 3.63) is 42.1 Å². The summed E-state index contributed by atoms with van der Waals surface area (Å²) in [6.07, 6.45) is 1.60. The third-order valence-corrected chi connectivity index (χ3v) is 2.97. The van der Waals surface area contributed by atoms with Gasteiger partial charge in [-0.05, 0) is 26.0 Å². The monoisotopic (exact) mass is 300 g/mol. The molecule has 1 fully saturated rings. The molecule has 1 aliphatic heterocycles. The maximum atomic E-state index is 12.3. The van der Waals surface area contributed by atoms with E-state index in [1.54, 1.807) is 19.9 Å². The van der Waals surface area contributed by atoms with Gasteiger partial charge >= 0.3 is 6.03 Å². The molecule has 0 radical (unpaired) electrons. The molecule has 0 atom stereocenters. The number of aromatic hydroxyl groups is 2. The number of anilines is 1. The second-order valence-electron chi connectivity index (χ2n) is 4.66. The highest BCUT2D eigenvalue weighted by atomic mass is 16.3. The Hall–Kier alpha value is -3.09. The van der Waals surface area contributed by atoms with Gasteiger partial charge in [-0.1, -0.05) is 18.7 Å². The molecule has 22 heavy (non-hydrogen) atoms. The molecule has 7 heteroatoms. The van der Waals surface area contributed by atoms with Crippen LogP contribution in [0.1, 0.15) is 13.8 Å². The van der Waals surface area contributed by atoms with Crippen molar-refractivity contribution < 1.29 is 15.0 Å². The average molecular weight is 300 g/mol. The summed E-state index contributed by atoms with van der Waals surface area (Å²) < 4.78 is 0. The highest BCUT2D eigenvalue weighted by molar-refractivity contribution is 6.40. The topological polar surface area (TPSA) is 109 Å². The van der Waals surface area contributed by atoms with E-state index in [1.807, 2.05) is 0 Å². The lowest BCUT2D eigenvalue weighted by atomic mass is 10.1. The molecule has 1 aromatic rings. The summed E-state index contributed by atoms with van der Waals surface area (Å²) in [5.41, 5.74) is 0.672. The average Bonchev–Trinajstić information content (AvgIpc) is 2.41. The van der Waals surface area contributed by atoms with E-state index in [0.29, 0.717) is 11.3 Å². The normalized spacial score (nSPS) is 18.7. The second kappa shape index (κ2) is 5.72. The third kappa shape index (κ3) is 2.56. The molecule has 2 rings (SSSR count). The summed E-state index contributed by atoms with van der Waals surface area (Å²) in [5, 5.41) is 30.5. The van der Waals surface area contributed by atoms with Gasteiger partial charge < -0.3 is 10.2 Å². The van der Waals surface area contributed by atoms with E-state index in [9.17, 15) is 15.0 Å². The predicted octanol–water partition coefficient (Wildman–Crippen LogP) is 2.48. The minimum Gasteiger partial charge on any atom is -0.506 e. The van der Waals surface area contributed by atoms with Crippen molar-refractivity contribution in [2.24, 2.45) is 4.99 Å². The Morgan fingerprint density at radius 2 is 2.00 bits per heavy atom. The Morgan fingerprint density at radius 3 is 2.50 bits per heavy atom. The van der Waals surface area contributed by atoms with Crippen molar-refractivity contribution in [3.8, 4) is 11.5 Å². The van der Waals surface area contributed by atoms with Crippen LogP contribution in [0.3, 0.4) is 0 Å². The molecule has 1 heterocycles. The van der Waals surface area contributed by atoms with Crippen LogP contribution in [0.15, 0.2) is 47.1 Å². The lowest BCUT2D eigenvalue weighted by Crippen LogP contribution is -2.54. The number of hydrogen-bond acceptors (Lipinski definition) is 5. The summed E-state index contributed by atoms with van der Waals surface area (Å²) in [6.45, 7) is 7.00. The van der Waals surface area contributed by atoms with Gasteiger partial charge in [0.25, 0.3) is 0 Å². The van der Waals surface area contributed by atoms with Crippen molar-refractivity contribution in [2.75, 3.05) is 4.90 Å². The molecule has 0 unspecified atom stereocenters. The largest absolute Gasteiger partial charge is 0.506 e. The highest BCUT2D eigenvalue weighted by Gasteiger charge is 2.35. The van der Waals surface area contributed by atoms with Crippen LogP contribution in [0, 0.1) is 5.41 Å². The van der Waals surface area contributed by atoms with E-state index in [2.05, 4.69) is 16.9 Å². The maximum absolute atomic E-state index is 12.3. The van der Waals surface area contributed by atoms with E-state index < -0.39 is 6.03 Å². The number of carbonyl (C=O) groups is 1. The molecule has 1 saturated heterocycles. The van der Waals surface area contributed by atoms with Crippen molar-refractivity contribution in [1.29, 1.82) is 5.41 Å². The van der Waals surface area contributed by atoms with Crippen LogP contribution in [-0.2, 0) is 0 Å². The van der Waals surface area contributed by atoms with Crippen LogP contribution in [0.4, 0.5) is 10.5 Å². The van der Waals surface area contributed by atoms with Gasteiger partial charge in [0.2, 0.25) is 0 Å². The number of para-hydroxylation sites is 1. The molecular weight excluding hydrogens is 284 g/mol. The zero-order valence-corrected chi connectivity index (χ0v) is 12.2. The number of hydrogen-bond donors (Lipinski definition) is 4. The van der Waals surface area contributed by atoms with Gasteiger partial charge in [0, 0.05) is 5.70 Å². The van der Waals surface area contributed by atoms with Gasteiger partial charge in [-0.25, -0.2) is 14.7 Å². The standard InChI is InChI=1S/C15H16N4O3/c1-4-9-13(16)19(12-10(20)6-5-7-11(12)21)15(22)18-14(9)17-8(2)3/h4-7,16,20-21H,2H2,1,3H3,(H,17,18,22)/b9-4-,16-13?. The van der Waals surface area contributed by atoms with Gasteiger partial charge in [0.1, 0.15) is 28.9 Å². The number of amides is 2. The van der Waals surface area contributed by atoms with Gasteiger partial charge in [0.15, 0.2) is 0 Å². The Balaban J connectivity index is 2.56. The molecule has 0 spiro atoms. The number of benzene rings is 1. The molecule has 0 bridgehead atoms. The fraction of sp³-hybridized carbons (Fsp3) is 0.133. The molecule has 4 N–H and O–H groups in total. The molecule has 0 aromatic heterocycles. The minimum atomic E-state index is -0.701. The number of phenolic OH excluding ortho intramolecular Hbond substituents is 2. The van der Waals surface area contributed by atoms with Crippen LogP contribution in [0.2, 0.25) is 0 Å².